The summed E-state index contributed by atoms with van der Waals surface area (Å²) in [7, 11) is 1.55. The Hall–Kier alpha value is -3.75. The van der Waals surface area contributed by atoms with Crippen LogP contribution in [0, 0.1) is 6.92 Å². The van der Waals surface area contributed by atoms with Crippen molar-refractivity contribution in [3.05, 3.63) is 54.1 Å². The second-order valence-electron chi connectivity index (χ2n) is 8.86. The average molecular weight is 477 g/mol. The third-order valence-electron chi connectivity index (χ3n) is 6.36. The normalized spacial score (nSPS) is 14.5. The van der Waals surface area contributed by atoms with Crippen molar-refractivity contribution in [3.63, 3.8) is 0 Å². The maximum absolute atomic E-state index is 13.7. The molecule has 0 spiro atoms. The van der Waals surface area contributed by atoms with E-state index in [2.05, 4.69) is 20.7 Å². The highest BCUT2D eigenvalue weighted by Crippen LogP contribution is 2.31. The van der Waals surface area contributed by atoms with Crippen LogP contribution in [0.3, 0.4) is 0 Å². The number of ether oxygens (including phenoxy) is 1. The van der Waals surface area contributed by atoms with Crippen molar-refractivity contribution in [2.45, 2.75) is 64.6 Å². The summed E-state index contributed by atoms with van der Waals surface area (Å²) in [6.07, 6.45) is 4.60. The lowest BCUT2D eigenvalue weighted by atomic mass is 10.1. The van der Waals surface area contributed by atoms with Gasteiger partial charge in [0.1, 0.15) is 18.3 Å². The molecular weight excluding hydrogens is 444 g/mol. The molecule has 184 valence electrons. The van der Waals surface area contributed by atoms with E-state index >= 15 is 0 Å². The van der Waals surface area contributed by atoms with Crippen LogP contribution in [0.1, 0.15) is 44.6 Å². The number of methoxy groups -OCH3 is 1. The van der Waals surface area contributed by atoms with E-state index < -0.39 is 6.04 Å². The molecule has 9 nitrogen and oxygen atoms in total. The Morgan fingerprint density at radius 1 is 1.14 bits per heavy atom. The summed E-state index contributed by atoms with van der Waals surface area (Å²) in [6, 6.07) is 14.5. The monoisotopic (exact) mass is 476 g/mol. The molecule has 2 amide bonds. The van der Waals surface area contributed by atoms with E-state index in [0.717, 1.165) is 36.8 Å². The second kappa shape index (κ2) is 11.1. The third kappa shape index (κ3) is 5.67. The van der Waals surface area contributed by atoms with Gasteiger partial charge in [-0.2, -0.15) is 4.80 Å². The zero-order valence-electron chi connectivity index (χ0n) is 20.5. The first kappa shape index (κ1) is 24.4. The molecule has 0 aliphatic heterocycles. The zero-order chi connectivity index (χ0) is 24.8. The third-order valence-corrected chi connectivity index (χ3v) is 6.36. The van der Waals surface area contributed by atoms with Crippen LogP contribution in [-0.2, 0) is 16.1 Å². The van der Waals surface area contributed by atoms with E-state index in [1.165, 1.54) is 9.70 Å². The predicted octanol–water partition coefficient (Wildman–Crippen LogP) is 3.53. The number of benzene rings is 2. The van der Waals surface area contributed by atoms with E-state index in [1.807, 2.05) is 50.2 Å². The van der Waals surface area contributed by atoms with E-state index in [9.17, 15) is 9.59 Å². The maximum atomic E-state index is 13.7. The van der Waals surface area contributed by atoms with Crippen molar-refractivity contribution in [1.29, 1.82) is 0 Å². The molecule has 1 saturated carbocycles. The summed E-state index contributed by atoms with van der Waals surface area (Å²) in [5.41, 5.74) is 2.48. The number of hydrogen-bond acceptors (Lipinski definition) is 6. The number of aryl methyl sites for hydroxylation is 1. The zero-order valence-corrected chi connectivity index (χ0v) is 20.5. The van der Waals surface area contributed by atoms with Crippen molar-refractivity contribution in [2.24, 2.45) is 0 Å². The number of anilines is 1. The van der Waals surface area contributed by atoms with Gasteiger partial charge in [-0.1, -0.05) is 61.7 Å². The Labute approximate surface area is 205 Å². The van der Waals surface area contributed by atoms with Gasteiger partial charge < -0.3 is 10.1 Å². The summed E-state index contributed by atoms with van der Waals surface area (Å²) in [5, 5.41) is 15.7. The molecule has 1 atom stereocenters. The highest BCUT2D eigenvalue weighted by atomic mass is 16.5. The minimum Gasteiger partial charge on any atom is -0.495 e. The fourth-order valence-corrected chi connectivity index (χ4v) is 4.48. The molecule has 9 heteroatoms. The Kier molecular flexibility index (Phi) is 7.74. The van der Waals surface area contributed by atoms with Crippen LogP contribution in [0.15, 0.2) is 48.5 Å². The van der Waals surface area contributed by atoms with Crippen LogP contribution in [-0.4, -0.2) is 51.2 Å². The molecule has 0 saturated heterocycles. The minimum absolute atomic E-state index is 0.153. The molecule has 0 unspecified atom stereocenters. The smallest absolute Gasteiger partial charge is 0.251 e. The molecule has 35 heavy (non-hydrogen) atoms. The van der Waals surface area contributed by atoms with Crippen LogP contribution in [0.2, 0.25) is 0 Å². The Balaban J connectivity index is 1.60. The van der Waals surface area contributed by atoms with E-state index in [-0.39, 0.29) is 24.4 Å². The topological polar surface area (TPSA) is 102 Å². The minimum atomic E-state index is -0.695. The number of rotatable bonds is 9. The summed E-state index contributed by atoms with van der Waals surface area (Å²) >= 11 is 0. The van der Waals surface area contributed by atoms with Gasteiger partial charge in [0.15, 0.2) is 0 Å². The van der Waals surface area contributed by atoms with Gasteiger partial charge >= 0.3 is 0 Å². The van der Waals surface area contributed by atoms with Gasteiger partial charge in [0.05, 0.1) is 12.8 Å². The van der Waals surface area contributed by atoms with Gasteiger partial charge in [-0.3, -0.25) is 14.5 Å². The molecular formula is C26H32N6O3. The fraction of sp³-hybridized carbons (Fsp3) is 0.423. The highest BCUT2D eigenvalue weighted by molar-refractivity contribution is 6.01. The lowest BCUT2D eigenvalue weighted by Gasteiger charge is -2.32. The molecule has 1 heterocycles. The van der Waals surface area contributed by atoms with E-state index in [1.54, 1.807) is 19.2 Å². The van der Waals surface area contributed by atoms with Crippen molar-refractivity contribution < 1.29 is 14.3 Å². The van der Waals surface area contributed by atoms with Crippen molar-refractivity contribution in [3.8, 4) is 17.1 Å². The predicted molar refractivity (Wildman–Crippen MR) is 133 cm³/mol. The summed E-state index contributed by atoms with van der Waals surface area (Å²) < 4.78 is 5.53. The number of para-hydroxylation sites is 2. The Bertz CT molecular complexity index is 1150. The number of nitrogens with zero attached hydrogens (tertiary/aromatic N) is 5. The van der Waals surface area contributed by atoms with Crippen LogP contribution >= 0.6 is 0 Å². The first-order chi connectivity index (χ1) is 17.0. The first-order valence-corrected chi connectivity index (χ1v) is 12.1. The number of amides is 2. The lowest BCUT2D eigenvalue weighted by molar-refractivity contribution is -0.127. The van der Waals surface area contributed by atoms with E-state index in [0.29, 0.717) is 23.7 Å². The van der Waals surface area contributed by atoms with Gasteiger partial charge in [-0.15, -0.1) is 10.2 Å². The number of carbonyl (C=O) groups is 2. The standard InChI is InChI=1S/C26H32N6O3/c1-4-21(26(34)27-20-9-5-6-10-20)32(22-11-7-8-12-23(22)35-3)24(33)17-31-29-25(28-30-31)19-15-13-18(2)14-16-19/h7-8,11-16,20-21H,4-6,9-10,17H2,1-3H3,(H,27,34)/t21-/m0/s1. The number of hydrogen-bond donors (Lipinski definition) is 1. The van der Waals surface area contributed by atoms with Crippen LogP contribution in [0.5, 0.6) is 5.75 Å². The summed E-state index contributed by atoms with van der Waals surface area (Å²) in [5.74, 6) is 0.467. The Morgan fingerprint density at radius 3 is 2.54 bits per heavy atom. The van der Waals surface area contributed by atoms with Gasteiger partial charge in [0.2, 0.25) is 11.7 Å². The van der Waals surface area contributed by atoms with Crippen LogP contribution in [0.4, 0.5) is 5.69 Å². The number of tetrazole rings is 1. The second-order valence-corrected chi connectivity index (χ2v) is 8.86. The largest absolute Gasteiger partial charge is 0.495 e. The first-order valence-electron chi connectivity index (χ1n) is 12.1. The molecule has 0 radical (unpaired) electrons. The fourth-order valence-electron chi connectivity index (χ4n) is 4.48. The molecule has 1 fully saturated rings. The van der Waals surface area contributed by atoms with Gasteiger partial charge in [-0.25, -0.2) is 0 Å². The van der Waals surface area contributed by atoms with Gasteiger partial charge in [0.25, 0.3) is 5.91 Å². The molecule has 0 bridgehead atoms. The SMILES string of the molecule is CC[C@@H](C(=O)NC1CCCC1)N(C(=O)Cn1nnc(-c2ccc(C)cc2)n1)c1ccccc1OC. The number of carbonyl (C=O) groups excluding carboxylic acids is 2. The van der Waals surface area contributed by atoms with Crippen molar-refractivity contribution in [2.75, 3.05) is 12.0 Å². The average Bonchev–Trinajstić information content (AvgIpc) is 3.55. The summed E-state index contributed by atoms with van der Waals surface area (Å²) in [4.78, 5) is 29.8. The molecule has 1 aliphatic rings. The lowest BCUT2D eigenvalue weighted by Crippen LogP contribution is -2.52. The number of aromatic nitrogens is 4. The van der Waals surface area contributed by atoms with Crippen molar-refractivity contribution >= 4 is 17.5 Å². The molecule has 2 aromatic carbocycles. The Morgan fingerprint density at radius 2 is 1.86 bits per heavy atom. The molecule has 1 aromatic heterocycles. The summed E-state index contributed by atoms with van der Waals surface area (Å²) in [6.45, 7) is 3.74. The molecule has 1 aliphatic carbocycles. The quantitative estimate of drug-likeness (QED) is 0.507. The highest BCUT2D eigenvalue weighted by Gasteiger charge is 2.33. The van der Waals surface area contributed by atoms with Crippen LogP contribution < -0.4 is 15.0 Å². The maximum Gasteiger partial charge on any atom is 0.251 e. The number of nitrogens with one attached hydrogen (secondary N) is 1. The molecule has 4 rings (SSSR count). The van der Waals surface area contributed by atoms with E-state index in [4.69, 9.17) is 4.74 Å². The van der Waals surface area contributed by atoms with Crippen LogP contribution in [0.25, 0.3) is 11.4 Å². The van der Waals surface area contributed by atoms with Gasteiger partial charge in [0, 0.05) is 11.6 Å². The van der Waals surface area contributed by atoms with Gasteiger partial charge in [-0.05, 0) is 43.5 Å². The molecule has 3 aromatic rings. The molecule has 1 N–H and O–H groups in total. The van der Waals surface area contributed by atoms with Crippen molar-refractivity contribution in [1.82, 2.24) is 25.5 Å².